The zero-order chi connectivity index (χ0) is 11.4. The molecule has 0 aromatic carbocycles. The predicted molar refractivity (Wildman–Crippen MR) is 60.0 cm³/mol. The largest absolute Gasteiger partial charge is 0.450 e. The van der Waals surface area contributed by atoms with Crippen molar-refractivity contribution < 1.29 is 4.74 Å². The Labute approximate surface area is 93.9 Å². The van der Waals surface area contributed by atoms with Crippen LogP contribution in [-0.4, -0.2) is 34.6 Å². The van der Waals surface area contributed by atoms with Gasteiger partial charge in [0.1, 0.15) is 0 Å². The van der Waals surface area contributed by atoms with Gasteiger partial charge >= 0.3 is 6.01 Å². The van der Waals surface area contributed by atoms with Crippen molar-refractivity contribution in [1.82, 2.24) is 15.0 Å². The number of terminal acetylenes is 1. The summed E-state index contributed by atoms with van der Waals surface area (Å²) in [6, 6.07) is 0.187. The fourth-order valence-corrected chi connectivity index (χ4v) is 1.59. The van der Waals surface area contributed by atoms with E-state index >= 15 is 0 Å². The monoisotopic (exact) mass is 219 g/mol. The van der Waals surface area contributed by atoms with E-state index in [0.29, 0.717) is 5.95 Å². The highest BCUT2D eigenvalue weighted by atomic mass is 16.5. The lowest BCUT2D eigenvalue weighted by atomic mass is 10.4. The number of rotatable bonds is 3. The Balaban J connectivity index is 2.18. The Hall–Kier alpha value is -2.03. The number of nitrogens with zero attached hydrogens (tertiary/aromatic N) is 4. The summed E-state index contributed by atoms with van der Waals surface area (Å²) in [5.41, 5.74) is 5.58. The van der Waals surface area contributed by atoms with E-state index in [9.17, 15) is 0 Å². The molecule has 0 bridgehead atoms. The van der Waals surface area contributed by atoms with Crippen LogP contribution >= 0.6 is 0 Å². The summed E-state index contributed by atoms with van der Waals surface area (Å²) >= 11 is 0. The summed E-state index contributed by atoms with van der Waals surface area (Å²) in [6.07, 6.45) is 7.38. The van der Waals surface area contributed by atoms with Crippen molar-refractivity contribution in [3.63, 3.8) is 0 Å². The first-order valence-electron chi connectivity index (χ1n) is 5.12. The molecular weight excluding hydrogens is 206 g/mol. The van der Waals surface area contributed by atoms with E-state index < -0.39 is 0 Å². The highest BCUT2D eigenvalue weighted by Gasteiger charge is 2.16. The Morgan fingerprint density at radius 3 is 2.75 bits per heavy atom. The topological polar surface area (TPSA) is 77.2 Å². The van der Waals surface area contributed by atoms with Gasteiger partial charge in [0.15, 0.2) is 6.61 Å². The lowest BCUT2D eigenvalue weighted by molar-refractivity contribution is 0.339. The molecule has 0 radical (unpaired) electrons. The maximum atomic E-state index is 5.58. The number of aromatic nitrogens is 3. The van der Waals surface area contributed by atoms with Crippen LogP contribution in [0.2, 0.25) is 0 Å². The Morgan fingerprint density at radius 1 is 1.31 bits per heavy atom. The fraction of sp³-hybridized carbons (Fsp3) is 0.500. The quantitative estimate of drug-likeness (QED) is 0.725. The van der Waals surface area contributed by atoms with Gasteiger partial charge in [-0.1, -0.05) is 5.92 Å². The van der Waals surface area contributed by atoms with Gasteiger partial charge < -0.3 is 15.4 Å². The zero-order valence-corrected chi connectivity index (χ0v) is 8.89. The van der Waals surface area contributed by atoms with Crippen LogP contribution in [0.25, 0.3) is 0 Å². The van der Waals surface area contributed by atoms with E-state index in [1.165, 1.54) is 0 Å². The Morgan fingerprint density at radius 2 is 2.06 bits per heavy atom. The predicted octanol–water partition coefficient (Wildman–Crippen LogP) is 0.0660. The maximum absolute atomic E-state index is 5.58. The molecule has 1 aromatic rings. The van der Waals surface area contributed by atoms with Crippen molar-refractivity contribution in [3.8, 4) is 18.4 Å². The molecule has 0 unspecified atom stereocenters. The molecule has 0 amide bonds. The second-order valence-electron chi connectivity index (χ2n) is 3.46. The average molecular weight is 219 g/mol. The van der Waals surface area contributed by atoms with Gasteiger partial charge in [0.25, 0.3) is 0 Å². The standard InChI is InChI=1S/C10H13N5O/c1-2-7-16-10-13-8(11)12-9(14-10)15-5-3-4-6-15/h1H,3-7H2,(H2,11,12,13,14). The molecule has 0 atom stereocenters. The van der Waals surface area contributed by atoms with Gasteiger partial charge in [-0.2, -0.15) is 15.0 Å². The molecule has 0 saturated carbocycles. The zero-order valence-electron chi connectivity index (χ0n) is 8.89. The normalized spacial score (nSPS) is 14.8. The van der Waals surface area contributed by atoms with Crippen LogP contribution < -0.4 is 15.4 Å². The van der Waals surface area contributed by atoms with Gasteiger partial charge in [-0.15, -0.1) is 6.42 Å². The minimum absolute atomic E-state index is 0.128. The molecule has 1 aliphatic rings. The molecular formula is C10H13N5O. The van der Waals surface area contributed by atoms with Crippen molar-refractivity contribution in [2.24, 2.45) is 0 Å². The van der Waals surface area contributed by atoms with Gasteiger partial charge in [0.2, 0.25) is 11.9 Å². The van der Waals surface area contributed by atoms with E-state index in [2.05, 4.69) is 25.8 Å². The number of ether oxygens (including phenoxy) is 1. The van der Waals surface area contributed by atoms with E-state index in [1.54, 1.807) is 0 Å². The van der Waals surface area contributed by atoms with Crippen LogP contribution in [0.3, 0.4) is 0 Å². The van der Waals surface area contributed by atoms with Crippen LogP contribution in [0.15, 0.2) is 0 Å². The highest BCUT2D eigenvalue weighted by molar-refractivity contribution is 5.36. The van der Waals surface area contributed by atoms with Crippen molar-refractivity contribution in [1.29, 1.82) is 0 Å². The molecule has 6 nitrogen and oxygen atoms in total. The molecule has 2 heterocycles. The van der Waals surface area contributed by atoms with Crippen LogP contribution in [-0.2, 0) is 0 Å². The van der Waals surface area contributed by atoms with Crippen molar-refractivity contribution in [2.75, 3.05) is 30.3 Å². The molecule has 84 valence electrons. The molecule has 1 aliphatic heterocycles. The molecule has 16 heavy (non-hydrogen) atoms. The number of hydrogen-bond acceptors (Lipinski definition) is 6. The number of nitrogens with two attached hydrogens (primary N) is 1. The second-order valence-corrected chi connectivity index (χ2v) is 3.46. The molecule has 2 N–H and O–H groups in total. The Kier molecular flexibility index (Phi) is 3.05. The smallest absolute Gasteiger partial charge is 0.324 e. The third kappa shape index (κ3) is 2.31. The average Bonchev–Trinajstić information content (AvgIpc) is 2.79. The summed E-state index contributed by atoms with van der Waals surface area (Å²) in [5, 5.41) is 0. The van der Waals surface area contributed by atoms with Gasteiger partial charge in [-0.25, -0.2) is 0 Å². The molecule has 6 heteroatoms. The number of nitrogen functional groups attached to an aromatic ring is 1. The third-order valence-electron chi connectivity index (χ3n) is 2.29. The van der Waals surface area contributed by atoms with E-state index in [1.807, 2.05) is 0 Å². The van der Waals surface area contributed by atoms with Crippen molar-refractivity contribution >= 4 is 11.9 Å². The summed E-state index contributed by atoms with van der Waals surface area (Å²) in [6.45, 7) is 2.01. The summed E-state index contributed by atoms with van der Waals surface area (Å²) in [7, 11) is 0. The van der Waals surface area contributed by atoms with Gasteiger partial charge in [-0.05, 0) is 12.8 Å². The van der Waals surface area contributed by atoms with Crippen LogP contribution in [0.5, 0.6) is 6.01 Å². The molecule has 0 aliphatic carbocycles. The molecule has 1 aromatic heterocycles. The molecule has 2 rings (SSSR count). The SMILES string of the molecule is C#CCOc1nc(N)nc(N2CCCC2)n1. The molecule has 1 saturated heterocycles. The van der Waals surface area contributed by atoms with Crippen molar-refractivity contribution in [3.05, 3.63) is 0 Å². The van der Waals surface area contributed by atoms with Crippen molar-refractivity contribution in [2.45, 2.75) is 12.8 Å². The summed E-state index contributed by atoms with van der Waals surface area (Å²) in [4.78, 5) is 14.1. The highest BCUT2D eigenvalue weighted by Crippen LogP contribution is 2.18. The van der Waals surface area contributed by atoms with E-state index in [0.717, 1.165) is 25.9 Å². The van der Waals surface area contributed by atoms with Gasteiger partial charge in [-0.3, -0.25) is 0 Å². The maximum Gasteiger partial charge on any atom is 0.324 e. The first-order valence-corrected chi connectivity index (χ1v) is 5.12. The molecule has 0 spiro atoms. The second kappa shape index (κ2) is 4.66. The first kappa shape index (κ1) is 10.5. The molecule has 1 fully saturated rings. The van der Waals surface area contributed by atoms with Gasteiger partial charge in [0, 0.05) is 13.1 Å². The van der Waals surface area contributed by atoms with Crippen LogP contribution in [0.1, 0.15) is 12.8 Å². The lowest BCUT2D eigenvalue weighted by Gasteiger charge is -2.15. The Bertz CT molecular complexity index is 408. The number of hydrogen-bond donors (Lipinski definition) is 1. The first-order chi connectivity index (χ1) is 7.79. The fourth-order valence-electron chi connectivity index (χ4n) is 1.59. The summed E-state index contributed by atoms with van der Waals surface area (Å²) < 4.78 is 5.13. The van der Waals surface area contributed by atoms with E-state index in [-0.39, 0.29) is 18.6 Å². The minimum atomic E-state index is 0.128. The van der Waals surface area contributed by atoms with Crippen LogP contribution in [0.4, 0.5) is 11.9 Å². The summed E-state index contributed by atoms with van der Waals surface area (Å²) in [5.74, 6) is 3.07. The van der Waals surface area contributed by atoms with Gasteiger partial charge in [0.05, 0.1) is 0 Å². The number of anilines is 2. The van der Waals surface area contributed by atoms with Crippen LogP contribution in [0, 0.1) is 12.3 Å². The minimum Gasteiger partial charge on any atom is -0.450 e. The van der Waals surface area contributed by atoms with E-state index in [4.69, 9.17) is 16.9 Å². The lowest BCUT2D eigenvalue weighted by Crippen LogP contribution is -2.21. The third-order valence-corrected chi connectivity index (χ3v) is 2.29.